The zero-order valence-electron chi connectivity index (χ0n) is 40.2. The smallest absolute Gasteiger partial charge is 0.391 e. The molecule has 0 bridgehead atoms. The molecule has 0 aromatic carbocycles. The topological polar surface area (TPSA) is 105 Å². The maximum absolute atomic E-state index is 12.9. The maximum Gasteiger partial charge on any atom is 0.472 e. The van der Waals surface area contributed by atoms with E-state index < -0.39 is 20.0 Å². The van der Waals surface area contributed by atoms with Gasteiger partial charge in [0.05, 0.1) is 39.9 Å². The van der Waals surface area contributed by atoms with Crippen LogP contribution in [0.3, 0.4) is 0 Å². The van der Waals surface area contributed by atoms with Crippen LogP contribution in [0.25, 0.3) is 0 Å². The van der Waals surface area contributed by atoms with E-state index in [2.05, 4.69) is 55.6 Å². The van der Waals surface area contributed by atoms with Gasteiger partial charge in [-0.25, -0.2) is 4.57 Å². The van der Waals surface area contributed by atoms with Gasteiger partial charge in [-0.1, -0.05) is 211 Å². The Kier molecular flexibility index (Phi) is 42.1. The number of quaternary nitrogens is 1. The summed E-state index contributed by atoms with van der Waals surface area (Å²) in [5, 5.41) is 14.0. The first-order valence-corrected chi connectivity index (χ1v) is 26.8. The molecule has 0 saturated heterocycles. The van der Waals surface area contributed by atoms with Crippen LogP contribution in [0.5, 0.6) is 0 Å². The van der Waals surface area contributed by atoms with E-state index in [0.29, 0.717) is 23.9 Å². The molecule has 0 aliphatic rings. The summed E-state index contributed by atoms with van der Waals surface area (Å²) in [6.45, 7) is 4.87. The van der Waals surface area contributed by atoms with Crippen LogP contribution in [-0.4, -0.2) is 73.4 Å². The normalized spacial score (nSPS) is 14.4. The minimum absolute atomic E-state index is 0.0715. The van der Waals surface area contributed by atoms with Crippen LogP contribution in [-0.2, 0) is 18.4 Å². The third-order valence-electron chi connectivity index (χ3n) is 11.4. The van der Waals surface area contributed by atoms with Gasteiger partial charge in [0.15, 0.2) is 0 Å². The fraction of sp³-hybridized carbons (Fsp3) is 0.863. The number of amides is 1. The van der Waals surface area contributed by atoms with E-state index in [4.69, 9.17) is 9.05 Å². The minimum atomic E-state index is -4.32. The summed E-state index contributed by atoms with van der Waals surface area (Å²) in [5.41, 5.74) is 0. The van der Waals surface area contributed by atoms with E-state index in [0.717, 1.165) is 64.2 Å². The van der Waals surface area contributed by atoms with Crippen molar-refractivity contribution in [2.45, 2.75) is 244 Å². The lowest BCUT2D eigenvalue weighted by Gasteiger charge is -2.26. The molecule has 8 nitrogen and oxygen atoms in total. The fourth-order valence-electron chi connectivity index (χ4n) is 7.35. The standard InChI is InChI=1S/C51H99N2O6P/c1-6-8-10-12-14-16-18-20-22-24-26-28-30-32-34-36-38-40-42-44-50(54)49(48-59-60(56,57)58-47-46-53(3,4)5)52-51(55)45-43-41-39-37-35-33-31-29-27-25-23-21-19-17-15-13-11-9-7-2/h15,17,21,23,27,29,49-50,54H,6-14,16,18-20,22,24-26,28,30-48H2,1-5H3,(H-,52,55,56,57)/p+1/b17-15-,23-21-,29-27-. The molecular weight excluding hydrogens is 768 g/mol. The van der Waals surface area contributed by atoms with Crippen LogP contribution in [0, 0.1) is 0 Å². The van der Waals surface area contributed by atoms with E-state index in [-0.39, 0.29) is 19.1 Å². The molecule has 1 amide bonds. The molecule has 3 atom stereocenters. The first kappa shape index (κ1) is 58.7. The average molecular weight is 868 g/mol. The quantitative estimate of drug-likeness (QED) is 0.0244. The first-order valence-electron chi connectivity index (χ1n) is 25.4. The van der Waals surface area contributed by atoms with Gasteiger partial charge in [0, 0.05) is 6.42 Å². The second-order valence-corrected chi connectivity index (χ2v) is 20.0. The highest BCUT2D eigenvalue weighted by Crippen LogP contribution is 2.43. The molecule has 0 radical (unpaired) electrons. The molecule has 0 heterocycles. The Balaban J connectivity index is 4.30. The summed E-state index contributed by atoms with van der Waals surface area (Å²) >= 11 is 0. The minimum Gasteiger partial charge on any atom is -0.391 e. The summed E-state index contributed by atoms with van der Waals surface area (Å²) < 4.78 is 23.7. The van der Waals surface area contributed by atoms with Gasteiger partial charge in [-0.2, -0.15) is 0 Å². The van der Waals surface area contributed by atoms with Crippen molar-refractivity contribution in [3.05, 3.63) is 36.5 Å². The molecule has 0 saturated carbocycles. The number of carbonyl (C=O) groups is 1. The zero-order chi connectivity index (χ0) is 44.3. The Labute approximate surface area is 372 Å². The number of likely N-dealkylation sites (N-methyl/N-ethyl adjacent to an activating group) is 1. The number of aliphatic hydroxyl groups excluding tert-OH is 1. The highest BCUT2D eigenvalue weighted by Gasteiger charge is 2.28. The Bertz CT molecular complexity index is 1070. The maximum atomic E-state index is 12.9. The number of unbranched alkanes of at least 4 members (excludes halogenated alkanes) is 27. The third-order valence-corrected chi connectivity index (χ3v) is 12.4. The highest BCUT2D eigenvalue weighted by molar-refractivity contribution is 7.47. The molecule has 354 valence electrons. The Morgan fingerprint density at radius 3 is 1.42 bits per heavy atom. The largest absolute Gasteiger partial charge is 0.472 e. The number of hydrogen-bond donors (Lipinski definition) is 3. The number of rotatable bonds is 46. The van der Waals surface area contributed by atoms with Gasteiger partial charge in [-0.05, 0) is 51.4 Å². The summed E-state index contributed by atoms with van der Waals surface area (Å²) in [7, 11) is 1.61. The molecule has 0 spiro atoms. The molecule has 0 rings (SSSR count). The van der Waals surface area contributed by atoms with Gasteiger partial charge >= 0.3 is 7.82 Å². The van der Waals surface area contributed by atoms with Crippen LogP contribution >= 0.6 is 7.82 Å². The summed E-state index contributed by atoms with van der Waals surface area (Å²) in [6.07, 6.45) is 53.1. The number of aliphatic hydroxyl groups is 1. The van der Waals surface area contributed by atoms with Crippen LogP contribution in [0.1, 0.15) is 232 Å². The van der Waals surface area contributed by atoms with Crippen LogP contribution in [0.4, 0.5) is 0 Å². The van der Waals surface area contributed by atoms with E-state index in [9.17, 15) is 19.4 Å². The molecule has 3 unspecified atom stereocenters. The molecule has 9 heteroatoms. The number of nitrogens with one attached hydrogen (secondary N) is 1. The molecule has 3 N–H and O–H groups in total. The van der Waals surface area contributed by atoms with E-state index in [1.807, 2.05) is 21.1 Å². The SMILES string of the molecule is CCCCC/C=C\C/C=C\C/C=C\CCCCCCCCC(=O)NC(COP(=O)(O)OCC[N+](C)(C)C)C(O)CCCCCCCCCCCCCCCCCCCCC. The van der Waals surface area contributed by atoms with Gasteiger partial charge in [-0.15, -0.1) is 0 Å². The van der Waals surface area contributed by atoms with Crippen molar-refractivity contribution in [3.63, 3.8) is 0 Å². The lowest BCUT2D eigenvalue weighted by Crippen LogP contribution is -2.46. The van der Waals surface area contributed by atoms with Gasteiger partial charge in [0.1, 0.15) is 13.2 Å². The van der Waals surface area contributed by atoms with Gasteiger partial charge in [0.2, 0.25) is 5.91 Å². The van der Waals surface area contributed by atoms with Crippen molar-refractivity contribution in [1.82, 2.24) is 5.32 Å². The molecule has 60 heavy (non-hydrogen) atoms. The number of phosphoric acid groups is 1. The van der Waals surface area contributed by atoms with Gasteiger partial charge in [-0.3, -0.25) is 13.8 Å². The van der Waals surface area contributed by atoms with Crippen LogP contribution in [0.2, 0.25) is 0 Å². The predicted octanol–water partition coefficient (Wildman–Crippen LogP) is 14.6. The molecule has 0 aliphatic carbocycles. The number of phosphoric ester groups is 1. The van der Waals surface area contributed by atoms with Crippen molar-refractivity contribution in [1.29, 1.82) is 0 Å². The Morgan fingerprint density at radius 2 is 0.950 bits per heavy atom. The van der Waals surface area contributed by atoms with Crippen molar-refractivity contribution < 1.29 is 32.9 Å². The fourth-order valence-corrected chi connectivity index (χ4v) is 8.08. The third kappa shape index (κ3) is 44.8. The number of allylic oxidation sites excluding steroid dienone is 6. The summed E-state index contributed by atoms with van der Waals surface area (Å²) in [4.78, 5) is 23.2. The molecular formula is C51H100N2O6P+. The van der Waals surface area contributed by atoms with E-state index >= 15 is 0 Å². The molecule has 0 fully saturated rings. The van der Waals surface area contributed by atoms with Crippen LogP contribution in [0.15, 0.2) is 36.5 Å². The highest BCUT2D eigenvalue weighted by atomic mass is 31.2. The monoisotopic (exact) mass is 868 g/mol. The number of hydrogen-bond acceptors (Lipinski definition) is 5. The van der Waals surface area contributed by atoms with Crippen molar-refractivity contribution in [3.8, 4) is 0 Å². The Hall–Kier alpha value is -1.28. The van der Waals surface area contributed by atoms with Gasteiger partial charge in [0.25, 0.3) is 0 Å². The lowest BCUT2D eigenvalue weighted by atomic mass is 10.0. The summed E-state index contributed by atoms with van der Waals surface area (Å²) in [6, 6.07) is -0.767. The summed E-state index contributed by atoms with van der Waals surface area (Å²) in [5.74, 6) is -0.156. The predicted molar refractivity (Wildman–Crippen MR) is 258 cm³/mol. The van der Waals surface area contributed by atoms with E-state index in [1.54, 1.807) is 0 Å². The molecule has 0 aromatic rings. The van der Waals surface area contributed by atoms with Crippen molar-refractivity contribution in [2.24, 2.45) is 0 Å². The second-order valence-electron chi connectivity index (χ2n) is 18.5. The molecule has 0 aromatic heterocycles. The zero-order valence-corrected chi connectivity index (χ0v) is 41.1. The lowest BCUT2D eigenvalue weighted by molar-refractivity contribution is -0.870. The molecule has 0 aliphatic heterocycles. The first-order chi connectivity index (χ1) is 29.0. The van der Waals surface area contributed by atoms with Crippen LogP contribution < -0.4 is 5.32 Å². The van der Waals surface area contributed by atoms with Crippen molar-refractivity contribution >= 4 is 13.7 Å². The van der Waals surface area contributed by atoms with E-state index in [1.165, 1.54) is 141 Å². The number of nitrogens with zero attached hydrogens (tertiary/aromatic N) is 1. The van der Waals surface area contributed by atoms with Gasteiger partial charge < -0.3 is 19.8 Å². The average Bonchev–Trinajstić information content (AvgIpc) is 3.20. The Morgan fingerprint density at radius 1 is 0.567 bits per heavy atom. The second kappa shape index (κ2) is 43.0. The van der Waals surface area contributed by atoms with Crippen molar-refractivity contribution in [2.75, 3.05) is 40.9 Å². The number of carbonyl (C=O) groups excluding carboxylic acids is 1.